The van der Waals surface area contributed by atoms with Crippen LogP contribution in [0.1, 0.15) is 25.3 Å². The molecule has 0 spiro atoms. The van der Waals surface area contributed by atoms with Crippen molar-refractivity contribution in [3.63, 3.8) is 0 Å². The third-order valence-corrected chi connectivity index (χ3v) is 2.95. The summed E-state index contributed by atoms with van der Waals surface area (Å²) in [7, 11) is 1.48. The molecule has 86 valence electrons. The van der Waals surface area contributed by atoms with E-state index < -0.39 is 0 Å². The van der Waals surface area contributed by atoms with Crippen molar-refractivity contribution in [1.82, 2.24) is 0 Å². The average molecular weight is 221 g/mol. The van der Waals surface area contributed by atoms with Crippen molar-refractivity contribution in [3.8, 4) is 5.75 Å². The molecule has 1 aliphatic heterocycles. The summed E-state index contributed by atoms with van der Waals surface area (Å²) >= 11 is 0. The van der Waals surface area contributed by atoms with Crippen LogP contribution in [0.5, 0.6) is 5.75 Å². The lowest BCUT2D eigenvalue weighted by atomic mass is 9.96. The molecular weight excluding hydrogens is 205 g/mol. The summed E-state index contributed by atoms with van der Waals surface area (Å²) in [6, 6.07) is 4.94. The maximum atomic E-state index is 13.2. The normalized spacial score (nSPS) is 20.4. The van der Waals surface area contributed by atoms with Gasteiger partial charge in [-0.1, -0.05) is 6.92 Å². The molecule has 0 aliphatic carbocycles. The van der Waals surface area contributed by atoms with Gasteiger partial charge in [-0.2, -0.15) is 0 Å². The standard InChI is InChI=1S/C13H16FNO/c1-9-3-6-12(15-8-9)10-4-5-11(14)13(7-10)16-2/h4-5,7,9H,3,6,8H2,1-2H3. The minimum absolute atomic E-state index is 0.291. The van der Waals surface area contributed by atoms with Gasteiger partial charge in [-0.3, -0.25) is 4.99 Å². The van der Waals surface area contributed by atoms with Crippen molar-refractivity contribution in [1.29, 1.82) is 0 Å². The summed E-state index contributed by atoms with van der Waals surface area (Å²) in [6.07, 6.45) is 2.12. The van der Waals surface area contributed by atoms with Gasteiger partial charge in [0, 0.05) is 12.3 Å². The van der Waals surface area contributed by atoms with Crippen molar-refractivity contribution in [2.75, 3.05) is 13.7 Å². The van der Waals surface area contributed by atoms with Gasteiger partial charge in [0.15, 0.2) is 11.6 Å². The lowest BCUT2D eigenvalue weighted by Gasteiger charge is -2.17. The van der Waals surface area contributed by atoms with Gasteiger partial charge >= 0.3 is 0 Å². The zero-order valence-electron chi connectivity index (χ0n) is 9.66. The highest BCUT2D eigenvalue weighted by Gasteiger charge is 2.14. The predicted octanol–water partition coefficient (Wildman–Crippen LogP) is 3.05. The van der Waals surface area contributed by atoms with Gasteiger partial charge in [0.25, 0.3) is 0 Å². The average Bonchev–Trinajstić information content (AvgIpc) is 2.31. The van der Waals surface area contributed by atoms with Crippen LogP contribution in [-0.4, -0.2) is 19.4 Å². The molecule has 0 aromatic heterocycles. The Morgan fingerprint density at radius 1 is 1.44 bits per heavy atom. The number of methoxy groups -OCH3 is 1. The fourth-order valence-corrected chi connectivity index (χ4v) is 1.89. The molecular formula is C13H16FNO. The molecule has 0 bridgehead atoms. The molecule has 16 heavy (non-hydrogen) atoms. The molecule has 0 saturated heterocycles. The zero-order valence-corrected chi connectivity index (χ0v) is 9.66. The number of nitrogens with zero attached hydrogens (tertiary/aromatic N) is 1. The van der Waals surface area contributed by atoms with Crippen LogP contribution in [0.25, 0.3) is 0 Å². The van der Waals surface area contributed by atoms with Crippen molar-refractivity contribution in [2.45, 2.75) is 19.8 Å². The Kier molecular flexibility index (Phi) is 3.22. The van der Waals surface area contributed by atoms with Crippen LogP contribution in [0.2, 0.25) is 0 Å². The van der Waals surface area contributed by atoms with E-state index >= 15 is 0 Å². The number of benzene rings is 1. The van der Waals surface area contributed by atoms with Crippen molar-refractivity contribution >= 4 is 5.71 Å². The maximum absolute atomic E-state index is 13.2. The molecule has 1 unspecified atom stereocenters. The summed E-state index contributed by atoms with van der Waals surface area (Å²) < 4.78 is 18.2. The number of rotatable bonds is 2. The summed E-state index contributed by atoms with van der Waals surface area (Å²) in [6.45, 7) is 3.07. The van der Waals surface area contributed by atoms with Gasteiger partial charge in [0.05, 0.1) is 7.11 Å². The van der Waals surface area contributed by atoms with Crippen molar-refractivity contribution in [3.05, 3.63) is 29.6 Å². The molecule has 0 N–H and O–H groups in total. The number of ether oxygens (including phenoxy) is 1. The quantitative estimate of drug-likeness (QED) is 0.752. The van der Waals surface area contributed by atoms with Crippen LogP contribution in [0, 0.1) is 11.7 Å². The molecule has 2 rings (SSSR count). The van der Waals surface area contributed by atoms with Crippen LogP contribution in [-0.2, 0) is 0 Å². The first-order valence-corrected chi connectivity index (χ1v) is 5.58. The third-order valence-electron chi connectivity index (χ3n) is 2.95. The monoisotopic (exact) mass is 221 g/mol. The molecule has 1 aromatic carbocycles. The van der Waals surface area contributed by atoms with E-state index in [2.05, 4.69) is 11.9 Å². The first-order chi connectivity index (χ1) is 7.70. The largest absolute Gasteiger partial charge is 0.494 e. The highest BCUT2D eigenvalue weighted by molar-refractivity contribution is 6.01. The van der Waals surface area contributed by atoms with Gasteiger partial charge in [0.2, 0.25) is 0 Å². The number of halogens is 1. The molecule has 1 heterocycles. The van der Waals surface area contributed by atoms with Crippen molar-refractivity contribution in [2.24, 2.45) is 10.9 Å². The highest BCUT2D eigenvalue weighted by Crippen LogP contribution is 2.23. The topological polar surface area (TPSA) is 21.6 Å². The third kappa shape index (κ3) is 2.23. The molecule has 3 heteroatoms. The Hall–Kier alpha value is -1.38. The fraction of sp³-hybridized carbons (Fsp3) is 0.462. The van der Waals surface area contributed by atoms with Gasteiger partial charge in [0.1, 0.15) is 0 Å². The number of hydrogen-bond acceptors (Lipinski definition) is 2. The maximum Gasteiger partial charge on any atom is 0.165 e. The number of hydrogen-bond donors (Lipinski definition) is 0. The summed E-state index contributed by atoms with van der Waals surface area (Å²) in [5.41, 5.74) is 2.04. The Balaban J connectivity index is 2.27. The van der Waals surface area contributed by atoms with Crippen LogP contribution in [0.4, 0.5) is 4.39 Å². The zero-order chi connectivity index (χ0) is 11.5. The van der Waals surface area contributed by atoms with Crippen LogP contribution in [0.3, 0.4) is 0 Å². The fourth-order valence-electron chi connectivity index (χ4n) is 1.89. The SMILES string of the molecule is COc1cc(C2=NCC(C)CC2)ccc1F. The molecule has 0 fully saturated rings. The van der Waals surface area contributed by atoms with E-state index in [0.717, 1.165) is 30.7 Å². The van der Waals surface area contributed by atoms with Crippen LogP contribution in [0.15, 0.2) is 23.2 Å². The Morgan fingerprint density at radius 3 is 2.88 bits per heavy atom. The molecule has 0 amide bonds. The minimum Gasteiger partial charge on any atom is -0.494 e. The lowest BCUT2D eigenvalue weighted by molar-refractivity contribution is 0.386. The second kappa shape index (κ2) is 4.64. The Labute approximate surface area is 95.2 Å². The Bertz CT molecular complexity index is 414. The second-order valence-electron chi connectivity index (χ2n) is 4.28. The first kappa shape index (κ1) is 11.1. The van der Waals surface area contributed by atoms with E-state index in [-0.39, 0.29) is 5.82 Å². The minimum atomic E-state index is -0.323. The second-order valence-corrected chi connectivity index (χ2v) is 4.28. The van der Waals surface area contributed by atoms with Gasteiger partial charge < -0.3 is 4.74 Å². The predicted molar refractivity (Wildman–Crippen MR) is 62.8 cm³/mol. The van der Waals surface area contributed by atoms with Gasteiger partial charge in [-0.15, -0.1) is 0 Å². The van der Waals surface area contributed by atoms with E-state index in [1.807, 2.05) is 0 Å². The van der Waals surface area contributed by atoms with E-state index in [4.69, 9.17) is 4.74 Å². The van der Waals surface area contributed by atoms with E-state index in [1.165, 1.54) is 13.2 Å². The summed E-state index contributed by atoms with van der Waals surface area (Å²) in [5.74, 6) is 0.626. The summed E-state index contributed by atoms with van der Waals surface area (Å²) in [5, 5.41) is 0. The molecule has 0 saturated carbocycles. The smallest absolute Gasteiger partial charge is 0.165 e. The molecule has 2 nitrogen and oxygen atoms in total. The van der Waals surface area contributed by atoms with Gasteiger partial charge in [-0.25, -0.2) is 4.39 Å². The molecule has 1 atom stereocenters. The van der Waals surface area contributed by atoms with Crippen molar-refractivity contribution < 1.29 is 9.13 Å². The summed E-state index contributed by atoms with van der Waals surface area (Å²) in [4.78, 5) is 4.52. The van der Waals surface area contributed by atoms with Gasteiger partial charge in [-0.05, 0) is 42.5 Å². The first-order valence-electron chi connectivity index (χ1n) is 5.58. The van der Waals surface area contributed by atoms with E-state index in [0.29, 0.717) is 11.7 Å². The molecule has 1 aliphatic rings. The number of aliphatic imine (C=N–C) groups is 1. The molecule has 0 radical (unpaired) electrons. The van der Waals surface area contributed by atoms with Crippen LogP contribution < -0.4 is 4.74 Å². The molecule has 1 aromatic rings. The highest BCUT2D eigenvalue weighted by atomic mass is 19.1. The van der Waals surface area contributed by atoms with E-state index in [1.54, 1.807) is 12.1 Å². The Morgan fingerprint density at radius 2 is 2.25 bits per heavy atom. The lowest BCUT2D eigenvalue weighted by Crippen LogP contribution is -2.14. The van der Waals surface area contributed by atoms with Crippen LogP contribution >= 0.6 is 0 Å². The van der Waals surface area contributed by atoms with E-state index in [9.17, 15) is 4.39 Å².